The zero-order chi connectivity index (χ0) is 18.5. The van der Waals surface area contributed by atoms with Crippen LogP contribution in [0.1, 0.15) is 11.1 Å². The van der Waals surface area contributed by atoms with Crippen LogP contribution in [0.5, 0.6) is 11.5 Å². The van der Waals surface area contributed by atoms with Crippen LogP contribution in [0.3, 0.4) is 0 Å². The number of halogens is 3. The number of hydrogen-bond donors (Lipinski definition) is 2. The van der Waals surface area contributed by atoms with Gasteiger partial charge < -0.3 is 14.8 Å². The van der Waals surface area contributed by atoms with Crippen LogP contribution >= 0.6 is 27.5 Å². The molecule has 2 N–H and O–H groups in total. The zero-order valence-corrected chi connectivity index (χ0v) is 15.9. The summed E-state index contributed by atoms with van der Waals surface area (Å²) >= 11 is 9.54. The maximum Gasteiger partial charge on any atom is 0.263 e. The Balaban J connectivity index is 1.73. The lowest BCUT2D eigenvalue weighted by molar-refractivity contribution is 0.284. The van der Waals surface area contributed by atoms with E-state index in [1.807, 2.05) is 6.07 Å². The molecule has 0 radical (unpaired) electrons. The van der Waals surface area contributed by atoms with Crippen molar-refractivity contribution < 1.29 is 13.9 Å². The van der Waals surface area contributed by atoms with Crippen LogP contribution in [0.15, 0.2) is 34.8 Å². The number of anilines is 1. The minimum Gasteiger partial charge on any atom is -0.493 e. The molecule has 1 aromatic heterocycles. The Morgan fingerprint density at radius 1 is 1.23 bits per heavy atom. The van der Waals surface area contributed by atoms with Gasteiger partial charge in [0, 0.05) is 16.6 Å². The first-order valence-corrected chi connectivity index (χ1v) is 8.64. The number of tetrazole rings is 1. The molecule has 10 heteroatoms. The predicted octanol–water partition coefficient (Wildman–Crippen LogP) is 3.95. The molecule has 0 saturated carbocycles. The molecule has 0 unspecified atom stereocenters. The number of aromatic nitrogens is 4. The topological polar surface area (TPSA) is 85.0 Å². The third kappa shape index (κ3) is 4.41. The fourth-order valence-electron chi connectivity index (χ4n) is 2.19. The van der Waals surface area contributed by atoms with Crippen LogP contribution in [0, 0.1) is 5.82 Å². The van der Waals surface area contributed by atoms with Gasteiger partial charge in [-0.1, -0.05) is 38.7 Å². The Morgan fingerprint density at radius 2 is 2.08 bits per heavy atom. The van der Waals surface area contributed by atoms with Crippen LogP contribution < -0.4 is 14.8 Å². The zero-order valence-electron chi connectivity index (χ0n) is 13.6. The Kier molecular flexibility index (Phi) is 5.89. The average molecular weight is 443 g/mol. The third-order valence-electron chi connectivity index (χ3n) is 3.51. The van der Waals surface area contributed by atoms with E-state index in [-0.39, 0.29) is 6.61 Å². The van der Waals surface area contributed by atoms with Crippen LogP contribution in [0.4, 0.5) is 10.3 Å². The lowest BCUT2D eigenvalue weighted by Crippen LogP contribution is -2.04. The number of H-pyrrole nitrogens is 1. The van der Waals surface area contributed by atoms with Gasteiger partial charge in [0.15, 0.2) is 11.5 Å². The monoisotopic (exact) mass is 441 g/mol. The molecular formula is C16H14BrClFN5O2. The van der Waals surface area contributed by atoms with Crippen molar-refractivity contribution >= 4 is 33.5 Å². The Labute approximate surface area is 162 Å². The Hall–Kier alpha value is -2.39. The molecule has 7 nitrogen and oxygen atoms in total. The fraction of sp³-hybridized carbons (Fsp3) is 0.188. The molecule has 0 aliphatic rings. The lowest BCUT2D eigenvalue weighted by atomic mass is 10.2. The quantitative estimate of drug-likeness (QED) is 0.576. The smallest absolute Gasteiger partial charge is 0.263 e. The van der Waals surface area contributed by atoms with Gasteiger partial charge in [-0.25, -0.2) is 4.39 Å². The SMILES string of the molecule is COc1cc(CNc2nn[nH]n2)c(Br)cc1OCc1ccc(F)cc1Cl. The molecule has 2 aromatic carbocycles. The molecule has 136 valence electrons. The van der Waals surface area contributed by atoms with Gasteiger partial charge in [-0.2, -0.15) is 5.21 Å². The standard InChI is InChI=1S/C16H14BrClFN5O2/c1-25-14-4-10(7-20-16-21-23-24-22-16)12(17)6-15(14)26-8-9-2-3-11(19)5-13(9)18/h2-6H,7-8H2,1H3,(H2,20,21,22,23,24). The molecule has 3 rings (SSSR count). The highest BCUT2D eigenvalue weighted by molar-refractivity contribution is 9.10. The summed E-state index contributed by atoms with van der Waals surface area (Å²) < 4.78 is 25.1. The summed E-state index contributed by atoms with van der Waals surface area (Å²) in [4.78, 5) is 0. The normalized spacial score (nSPS) is 10.6. The molecule has 0 atom stereocenters. The molecule has 0 saturated heterocycles. The second kappa shape index (κ2) is 8.33. The first-order chi connectivity index (χ1) is 12.6. The number of methoxy groups -OCH3 is 1. The predicted molar refractivity (Wildman–Crippen MR) is 97.9 cm³/mol. The van der Waals surface area contributed by atoms with E-state index in [4.69, 9.17) is 21.1 Å². The van der Waals surface area contributed by atoms with Crippen molar-refractivity contribution in [3.8, 4) is 11.5 Å². The average Bonchev–Trinajstić information content (AvgIpc) is 3.13. The number of rotatable bonds is 7. The number of nitrogens with zero attached hydrogens (tertiary/aromatic N) is 3. The third-order valence-corrected chi connectivity index (χ3v) is 4.60. The maximum atomic E-state index is 13.1. The number of aromatic amines is 1. The molecule has 1 heterocycles. The van der Waals surface area contributed by atoms with Crippen LogP contribution in [-0.2, 0) is 13.2 Å². The van der Waals surface area contributed by atoms with E-state index in [1.54, 1.807) is 19.2 Å². The van der Waals surface area contributed by atoms with E-state index >= 15 is 0 Å². The molecule has 0 aliphatic carbocycles. The molecule has 26 heavy (non-hydrogen) atoms. The van der Waals surface area contributed by atoms with Gasteiger partial charge in [0.25, 0.3) is 5.95 Å². The second-order valence-corrected chi connectivity index (χ2v) is 6.47. The number of ether oxygens (including phenoxy) is 2. The fourth-order valence-corrected chi connectivity index (χ4v) is 2.87. The lowest BCUT2D eigenvalue weighted by Gasteiger charge is -2.14. The van der Waals surface area contributed by atoms with E-state index in [2.05, 4.69) is 41.9 Å². The van der Waals surface area contributed by atoms with E-state index in [0.717, 1.165) is 10.0 Å². The summed E-state index contributed by atoms with van der Waals surface area (Å²) in [7, 11) is 1.55. The van der Waals surface area contributed by atoms with E-state index in [0.29, 0.717) is 34.6 Å². The summed E-state index contributed by atoms with van der Waals surface area (Å²) in [5, 5.41) is 16.8. The second-order valence-electron chi connectivity index (χ2n) is 5.21. The van der Waals surface area contributed by atoms with Gasteiger partial charge >= 0.3 is 0 Å². The summed E-state index contributed by atoms with van der Waals surface area (Å²) in [6.45, 7) is 0.642. The van der Waals surface area contributed by atoms with Crippen molar-refractivity contribution in [2.24, 2.45) is 0 Å². The number of nitrogens with one attached hydrogen (secondary N) is 2. The molecule has 0 spiro atoms. The molecule has 0 fully saturated rings. The highest BCUT2D eigenvalue weighted by atomic mass is 79.9. The van der Waals surface area contributed by atoms with Crippen molar-refractivity contribution in [3.63, 3.8) is 0 Å². The summed E-state index contributed by atoms with van der Waals surface area (Å²) in [6.07, 6.45) is 0. The first kappa shape index (κ1) is 18.4. The number of benzene rings is 2. The minimum absolute atomic E-state index is 0.183. The van der Waals surface area contributed by atoms with Crippen molar-refractivity contribution in [1.82, 2.24) is 20.6 Å². The molecular weight excluding hydrogens is 429 g/mol. The summed E-state index contributed by atoms with van der Waals surface area (Å²) in [5.74, 6) is 1.08. The first-order valence-electron chi connectivity index (χ1n) is 7.47. The Morgan fingerprint density at radius 3 is 2.77 bits per heavy atom. The van der Waals surface area contributed by atoms with Crippen molar-refractivity contribution in [2.45, 2.75) is 13.2 Å². The van der Waals surface area contributed by atoms with Gasteiger partial charge in [-0.15, -0.1) is 5.10 Å². The van der Waals surface area contributed by atoms with Crippen molar-refractivity contribution in [2.75, 3.05) is 12.4 Å². The van der Waals surface area contributed by atoms with Gasteiger partial charge in [0.1, 0.15) is 12.4 Å². The molecule has 0 aliphatic heterocycles. The van der Waals surface area contributed by atoms with Crippen LogP contribution in [0.2, 0.25) is 5.02 Å². The minimum atomic E-state index is -0.391. The highest BCUT2D eigenvalue weighted by Gasteiger charge is 2.12. The van der Waals surface area contributed by atoms with Crippen molar-refractivity contribution in [3.05, 3.63) is 56.8 Å². The Bertz CT molecular complexity index is 895. The van der Waals surface area contributed by atoms with Crippen LogP contribution in [-0.4, -0.2) is 27.7 Å². The van der Waals surface area contributed by atoms with Gasteiger partial charge in [-0.3, -0.25) is 0 Å². The summed E-state index contributed by atoms with van der Waals surface area (Å²) in [6, 6.07) is 7.80. The van der Waals surface area contributed by atoms with Crippen LogP contribution in [0.25, 0.3) is 0 Å². The van der Waals surface area contributed by atoms with Gasteiger partial charge in [-0.05, 0) is 35.0 Å². The molecule has 0 bridgehead atoms. The van der Waals surface area contributed by atoms with Crippen molar-refractivity contribution in [1.29, 1.82) is 0 Å². The summed E-state index contributed by atoms with van der Waals surface area (Å²) in [5.41, 5.74) is 1.59. The van der Waals surface area contributed by atoms with Gasteiger partial charge in [0.05, 0.1) is 12.1 Å². The maximum absolute atomic E-state index is 13.1. The van der Waals surface area contributed by atoms with E-state index < -0.39 is 5.82 Å². The van der Waals surface area contributed by atoms with Gasteiger partial charge in [0.2, 0.25) is 0 Å². The highest BCUT2D eigenvalue weighted by Crippen LogP contribution is 2.34. The largest absolute Gasteiger partial charge is 0.493 e. The number of hydrogen-bond acceptors (Lipinski definition) is 6. The molecule has 0 amide bonds. The van der Waals surface area contributed by atoms with E-state index in [9.17, 15) is 4.39 Å². The molecule has 3 aromatic rings. The van der Waals surface area contributed by atoms with E-state index in [1.165, 1.54) is 12.1 Å².